The molecule has 0 saturated heterocycles. The molecule has 0 amide bonds. The van der Waals surface area contributed by atoms with Crippen LogP contribution in [0.4, 0.5) is 0 Å². The van der Waals surface area contributed by atoms with E-state index >= 15 is 0 Å². The predicted molar refractivity (Wildman–Crippen MR) is 28.8 cm³/mol. The standard InChI is InChI=1S/C4H4ClNO/c5-4(7)2-1-3-6/h1-3,6H/b2-1-,6-3?. The van der Waals surface area contributed by atoms with Crippen LogP contribution in [0.5, 0.6) is 0 Å². The van der Waals surface area contributed by atoms with Crippen molar-refractivity contribution in [1.29, 1.82) is 5.41 Å². The zero-order valence-corrected chi connectivity index (χ0v) is 4.27. The van der Waals surface area contributed by atoms with Crippen molar-refractivity contribution in [2.45, 2.75) is 0 Å². The van der Waals surface area contributed by atoms with E-state index < -0.39 is 5.24 Å². The Morgan fingerprint density at radius 1 is 1.71 bits per heavy atom. The lowest BCUT2D eigenvalue weighted by Gasteiger charge is -1.66. The van der Waals surface area contributed by atoms with Crippen LogP contribution >= 0.6 is 11.6 Å². The molecule has 0 spiro atoms. The fraction of sp³-hybridized carbons (Fsp3) is 0. The van der Waals surface area contributed by atoms with Gasteiger partial charge in [0.15, 0.2) is 0 Å². The molecule has 0 aliphatic carbocycles. The monoisotopic (exact) mass is 117 g/mol. The largest absolute Gasteiger partial charge is 0.309 e. The Morgan fingerprint density at radius 3 is 2.43 bits per heavy atom. The molecule has 2 nitrogen and oxygen atoms in total. The second-order valence-electron chi connectivity index (χ2n) is 0.830. The number of carbonyl (C=O) groups excluding carboxylic acids is 1. The van der Waals surface area contributed by atoms with Gasteiger partial charge >= 0.3 is 0 Å². The van der Waals surface area contributed by atoms with Gasteiger partial charge in [0.1, 0.15) is 0 Å². The maximum atomic E-state index is 9.78. The molecule has 0 atom stereocenters. The summed E-state index contributed by atoms with van der Waals surface area (Å²) in [7, 11) is 0. The number of halogens is 1. The zero-order valence-electron chi connectivity index (χ0n) is 3.52. The van der Waals surface area contributed by atoms with Gasteiger partial charge in [-0.1, -0.05) is 0 Å². The molecular formula is C4H4ClNO. The summed E-state index contributed by atoms with van der Waals surface area (Å²) in [5.74, 6) is 0. The molecule has 0 fully saturated rings. The first kappa shape index (κ1) is 6.37. The summed E-state index contributed by atoms with van der Waals surface area (Å²) in [4.78, 5) is 9.78. The van der Waals surface area contributed by atoms with Gasteiger partial charge in [-0.05, 0) is 23.8 Å². The molecule has 0 radical (unpaired) electrons. The van der Waals surface area contributed by atoms with Crippen molar-refractivity contribution in [3.8, 4) is 0 Å². The summed E-state index contributed by atoms with van der Waals surface area (Å²) >= 11 is 4.83. The summed E-state index contributed by atoms with van der Waals surface area (Å²) < 4.78 is 0. The molecule has 38 valence electrons. The fourth-order valence-corrected chi connectivity index (χ4v) is 0.197. The lowest BCUT2D eigenvalue weighted by molar-refractivity contribution is -0.107. The van der Waals surface area contributed by atoms with Crippen molar-refractivity contribution in [1.82, 2.24) is 0 Å². The molecule has 0 bridgehead atoms. The van der Waals surface area contributed by atoms with Crippen LogP contribution < -0.4 is 0 Å². The summed E-state index contributed by atoms with van der Waals surface area (Å²) in [6.45, 7) is 0. The van der Waals surface area contributed by atoms with E-state index in [4.69, 9.17) is 17.0 Å². The Balaban J connectivity index is 3.46. The van der Waals surface area contributed by atoms with E-state index in [2.05, 4.69) is 0 Å². The van der Waals surface area contributed by atoms with E-state index in [0.29, 0.717) is 0 Å². The average Bonchev–Trinajstić information content (AvgIpc) is 1.61. The molecule has 3 heteroatoms. The van der Waals surface area contributed by atoms with Crippen molar-refractivity contribution in [2.24, 2.45) is 0 Å². The molecule has 1 N–H and O–H groups in total. The van der Waals surface area contributed by atoms with Gasteiger partial charge in [-0.15, -0.1) is 0 Å². The first-order valence-corrected chi connectivity index (χ1v) is 2.02. The SMILES string of the molecule is N=C/C=C\C(=O)Cl. The van der Waals surface area contributed by atoms with Crippen molar-refractivity contribution in [3.05, 3.63) is 12.2 Å². The number of carbonyl (C=O) groups is 1. The van der Waals surface area contributed by atoms with Crippen LogP contribution in [-0.4, -0.2) is 11.5 Å². The highest BCUT2D eigenvalue weighted by molar-refractivity contribution is 6.66. The normalized spacial score (nSPS) is 9.29. The zero-order chi connectivity index (χ0) is 5.70. The van der Waals surface area contributed by atoms with Crippen LogP contribution in [0.25, 0.3) is 0 Å². The number of hydrogen-bond donors (Lipinski definition) is 1. The van der Waals surface area contributed by atoms with E-state index in [1.807, 2.05) is 0 Å². The van der Waals surface area contributed by atoms with E-state index in [-0.39, 0.29) is 0 Å². The summed E-state index contributed by atoms with van der Waals surface area (Å²) in [6, 6.07) is 0. The molecule has 0 saturated carbocycles. The van der Waals surface area contributed by atoms with Gasteiger partial charge in [-0.3, -0.25) is 4.79 Å². The van der Waals surface area contributed by atoms with E-state index in [9.17, 15) is 4.79 Å². The molecular weight excluding hydrogens is 114 g/mol. The third-order valence-electron chi connectivity index (χ3n) is 0.323. The first-order chi connectivity index (χ1) is 3.27. The number of hydrogen-bond acceptors (Lipinski definition) is 2. The Hall–Kier alpha value is -0.630. The third-order valence-corrected chi connectivity index (χ3v) is 0.449. The van der Waals surface area contributed by atoms with Gasteiger partial charge in [0, 0.05) is 6.21 Å². The highest BCUT2D eigenvalue weighted by Crippen LogP contribution is 1.78. The Labute approximate surface area is 46.3 Å². The molecule has 0 aromatic carbocycles. The lowest BCUT2D eigenvalue weighted by Crippen LogP contribution is -1.73. The van der Waals surface area contributed by atoms with Gasteiger partial charge in [0.05, 0.1) is 0 Å². The molecule has 0 aliphatic heterocycles. The Bertz CT molecular complexity index is 108. The van der Waals surface area contributed by atoms with Crippen molar-refractivity contribution in [3.63, 3.8) is 0 Å². The van der Waals surface area contributed by atoms with Crippen molar-refractivity contribution < 1.29 is 4.79 Å². The van der Waals surface area contributed by atoms with Crippen LogP contribution in [0.1, 0.15) is 0 Å². The van der Waals surface area contributed by atoms with Crippen molar-refractivity contribution >= 4 is 23.1 Å². The molecule has 0 unspecified atom stereocenters. The molecule has 0 aliphatic rings. The second-order valence-corrected chi connectivity index (χ2v) is 1.20. The fourth-order valence-electron chi connectivity index (χ4n) is 0.124. The minimum absolute atomic E-state index is 0.552. The average molecular weight is 118 g/mol. The van der Waals surface area contributed by atoms with Gasteiger partial charge in [-0.2, -0.15) is 0 Å². The number of nitrogens with one attached hydrogen (secondary N) is 1. The number of allylic oxidation sites excluding steroid dienone is 2. The molecule has 0 heterocycles. The van der Waals surface area contributed by atoms with Crippen LogP contribution in [0, 0.1) is 5.41 Å². The maximum absolute atomic E-state index is 9.78. The summed E-state index contributed by atoms with van der Waals surface area (Å²) in [5, 5.41) is 5.82. The van der Waals surface area contributed by atoms with E-state index in [0.717, 1.165) is 12.3 Å². The van der Waals surface area contributed by atoms with Gasteiger partial charge in [-0.25, -0.2) is 0 Å². The molecule has 0 aromatic rings. The van der Waals surface area contributed by atoms with Crippen LogP contribution in [0.15, 0.2) is 12.2 Å². The molecule has 7 heavy (non-hydrogen) atoms. The lowest BCUT2D eigenvalue weighted by atomic mass is 10.5. The highest BCUT2D eigenvalue weighted by atomic mass is 35.5. The minimum Gasteiger partial charge on any atom is -0.309 e. The Kier molecular flexibility index (Phi) is 3.24. The van der Waals surface area contributed by atoms with Gasteiger partial charge < -0.3 is 5.41 Å². The van der Waals surface area contributed by atoms with Gasteiger partial charge in [0.25, 0.3) is 0 Å². The second kappa shape index (κ2) is 3.56. The smallest absolute Gasteiger partial charge is 0.245 e. The summed E-state index contributed by atoms with van der Waals surface area (Å²) in [6.07, 6.45) is 3.35. The van der Waals surface area contributed by atoms with Crippen molar-refractivity contribution in [2.75, 3.05) is 0 Å². The maximum Gasteiger partial charge on any atom is 0.245 e. The predicted octanol–water partition coefficient (Wildman–Crippen LogP) is 0.958. The minimum atomic E-state index is -0.552. The number of rotatable bonds is 2. The van der Waals surface area contributed by atoms with Gasteiger partial charge in [0.2, 0.25) is 5.24 Å². The topological polar surface area (TPSA) is 40.9 Å². The Morgan fingerprint density at radius 2 is 2.29 bits per heavy atom. The molecule has 0 aromatic heterocycles. The first-order valence-electron chi connectivity index (χ1n) is 1.64. The van der Waals surface area contributed by atoms with E-state index in [1.165, 1.54) is 6.08 Å². The van der Waals surface area contributed by atoms with Crippen LogP contribution in [-0.2, 0) is 4.79 Å². The van der Waals surface area contributed by atoms with E-state index in [1.54, 1.807) is 0 Å². The third kappa shape index (κ3) is 5.37. The summed E-state index contributed by atoms with van der Waals surface area (Å²) in [5.41, 5.74) is 0. The van der Waals surface area contributed by atoms with Crippen LogP contribution in [0.3, 0.4) is 0 Å². The quantitative estimate of drug-likeness (QED) is 0.327. The molecule has 0 rings (SSSR count). The van der Waals surface area contributed by atoms with Crippen LogP contribution in [0.2, 0.25) is 0 Å². The highest BCUT2D eigenvalue weighted by Gasteiger charge is 1.78.